The third-order valence-electron chi connectivity index (χ3n) is 1.76. The SMILES string of the molecule is NC(=S)CC(=O)NCCc1ccccn1. The Morgan fingerprint density at radius 2 is 2.33 bits per heavy atom. The summed E-state index contributed by atoms with van der Waals surface area (Å²) in [5.41, 5.74) is 6.19. The first-order valence-corrected chi connectivity index (χ1v) is 5.04. The second kappa shape index (κ2) is 6.08. The van der Waals surface area contributed by atoms with Crippen molar-refractivity contribution in [3.63, 3.8) is 0 Å². The van der Waals surface area contributed by atoms with Crippen LogP contribution in [0.25, 0.3) is 0 Å². The molecule has 0 atom stereocenters. The van der Waals surface area contributed by atoms with E-state index in [0.29, 0.717) is 13.0 Å². The van der Waals surface area contributed by atoms with E-state index in [1.54, 1.807) is 6.20 Å². The van der Waals surface area contributed by atoms with Crippen LogP contribution in [0.4, 0.5) is 0 Å². The molecule has 0 aliphatic rings. The predicted octanol–water partition coefficient (Wildman–Crippen LogP) is 0.416. The number of hydrogen-bond donors (Lipinski definition) is 2. The Morgan fingerprint density at radius 3 is 2.93 bits per heavy atom. The maximum Gasteiger partial charge on any atom is 0.226 e. The molecule has 1 amide bonds. The van der Waals surface area contributed by atoms with Crippen LogP contribution < -0.4 is 11.1 Å². The van der Waals surface area contributed by atoms with E-state index in [9.17, 15) is 4.79 Å². The maximum absolute atomic E-state index is 11.1. The highest BCUT2D eigenvalue weighted by Gasteiger charge is 2.01. The van der Waals surface area contributed by atoms with Gasteiger partial charge in [0.2, 0.25) is 5.91 Å². The first kappa shape index (κ1) is 11.6. The number of rotatable bonds is 5. The molecule has 0 radical (unpaired) electrons. The highest BCUT2D eigenvalue weighted by Crippen LogP contribution is 1.93. The van der Waals surface area contributed by atoms with E-state index in [0.717, 1.165) is 5.69 Å². The van der Waals surface area contributed by atoms with Gasteiger partial charge in [-0.25, -0.2) is 0 Å². The fourth-order valence-electron chi connectivity index (χ4n) is 1.10. The van der Waals surface area contributed by atoms with Gasteiger partial charge >= 0.3 is 0 Å². The number of carbonyl (C=O) groups is 1. The fourth-order valence-corrected chi connectivity index (χ4v) is 1.23. The number of thiocarbonyl (C=S) groups is 1. The summed E-state index contributed by atoms with van der Waals surface area (Å²) in [6.07, 6.45) is 2.55. The molecule has 0 bridgehead atoms. The normalized spacial score (nSPS) is 9.60. The predicted molar refractivity (Wildman–Crippen MR) is 62.4 cm³/mol. The first-order valence-electron chi connectivity index (χ1n) is 4.63. The van der Waals surface area contributed by atoms with Crippen LogP contribution in [0.1, 0.15) is 12.1 Å². The van der Waals surface area contributed by atoms with E-state index in [1.807, 2.05) is 18.2 Å². The molecule has 0 unspecified atom stereocenters. The van der Waals surface area contributed by atoms with Crippen molar-refractivity contribution < 1.29 is 4.79 Å². The molecule has 0 spiro atoms. The Kier molecular flexibility index (Phi) is 4.70. The number of aromatic nitrogens is 1. The summed E-state index contributed by atoms with van der Waals surface area (Å²) in [7, 11) is 0. The largest absolute Gasteiger partial charge is 0.393 e. The van der Waals surface area contributed by atoms with Crippen LogP contribution in [-0.4, -0.2) is 22.4 Å². The summed E-state index contributed by atoms with van der Waals surface area (Å²) in [6.45, 7) is 0.554. The van der Waals surface area contributed by atoms with Gasteiger partial charge in [0.1, 0.15) is 0 Å². The Bertz CT molecular complexity index is 340. The zero-order valence-electron chi connectivity index (χ0n) is 8.27. The van der Waals surface area contributed by atoms with Crippen LogP contribution in [0.5, 0.6) is 0 Å². The standard InChI is InChI=1S/C10H13N3OS/c11-9(15)7-10(14)13-6-4-8-3-1-2-5-12-8/h1-3,5H,4,6-7H2,(H2,11,15)(H,13,14). The molecule has 0 saturated heterocycles. The third kappa shape index (κ3) is 5.07. The molecule has 3 N–H and O–H groups in total. The van der Waals surface area contributed by atoms with Gasteiger partial charge < -0.3 is 11.1 Å². The second-order valence-electron chi connectivity index (χ2n) is 3.06. The summed E-state index contributed by atoms with van der Waals surface area (Å²) in [4.78, 5) is 15.5. The molecule has 1 rings (SSSR count). The monoisotopic (exact) mass is 223 g/mol. The summed E-state index contributed by atoms with van der Waals surface area (Å²) < 4.78 is 0. The molecule has 1 heterocycles. The molecule has 1 aromatic rings. The second-order valence-corrected chi connectivity index (χ2v) is 3.59. The number of nitrogens with zero attached hydrogens (tertiary/aromatic N) is 1. The number of carbonyl (C=O) groups excluding carboxylic acids is 1. The molecule has 0 fully saturated rings. The van der Waals surface area contributed by atoms with Gasteiger partial charge in [-0.15, -0.1) is 0 Å². The zero-order chi connectivity index (χ0) is 11.1. The Morgan fingerprint density at radius 1 is 1.53 bits per heavy atom. The van der Waals surface area contributed by atoms with Crippen molar-refractivity contribution in [2.45, 2.75) is 12.8 Å². The van der Waals surface area contributed by atoms with Crippen molar-refractivity contribution in [1.29, 1.82) is 0 Å². The number of pyridine rings is 1. The van der Waals surface area contributed by atoms with Crippen LogP contribution in [-0.2, 0) is 11.2 Å². The van der Waals surface area contributed by atoms with E-state index >= 15 is 0 Å². The van der Waals surface area contributed by atoms with Gasteiger partial charge in [-0.1, -0.05) is 18.3 Å². The summed E-state index contributed by atoms with van der Waals surface area (Å²) in [5.74, 6) is -0.140. The molecule has 0 saturated carbocycles. The highest BCUT2D eigenvalue weighted by atomic mass is 32.1. The van der Waals surface area contributed by atoms with Gasteiger partial charge in [-0.3, -0.25) is 9.78 Å². The summed E-state index contributed by atoms with van der Waals surface area (Å²) in [6, 6.07) is 5.69. The minimum absolute atomic E-state index is 0.109. The molecule has 1 aromatic heterocycles. The van der Waals surface area contributed by atoms with E-state index in [-0.39, 0.29) is 17.3 Å². The Balaban J connectivity index is 2.22. The maximum atomic E-state index is 11.1. The quantitative estimate of drug-likeness (QED) is 0.710. The average molecular weight is 223 g/mol. The van der Waals surface area contributed by atoms with Crippen molar-refractivity contribution in [2.75, 3.05) is 6.54 Å². The summed E-state index contributed by atoms with van der Waals surface area (Å²) >= 11 is 4.62. The smallest absolute Gasteiger partial charge is 0.226 e. The minimum atomic E-state index is -0.140. The lowest BCUT2D eigenvalue weighted by atomic mass is 10.2. The lowest BCUT2D eigenvalue weighted by molar-refractivity contribution is -0.119. The number of nitrogens with two attached hydrogens (primary N) is 1. The van der Waals surface area contributed by atoms with Crippen molar-refractivity contribution in [3.8, 4) is 0 Å². The lowest BCUT2D eigenvalue weighted by Gasteiger charge is -2.03. The molecular weight excluding hydrogens is 210 g/mol. The van der Waals surface area contributed by atoms with Gasteiger partial charge in [0, 0.05) is 24.9 Å². The topological polar surface area (TPSA) is 68.0 Å². The molecule has 0 aliphatic carbocycles. The van der Waals surface area contributed by atoms with E-state index in [2.05, 4.69) is 22.5 Å². The average Bonchev–Trinajstić information content (AvgIpc) is 2.18. The van der Waals surface area contributed by atoms with E-state index in [1.165, 1.54) is 0 Å². The number of hydrogen-bond acceptors (Lipinski definition) is 3. The Hall–Kier alpha value is -1.49. The van der Waals surface area contributed by atoms with Crippen LogP contribution >= 0.6 is 12.2 Å². The van der Waals surface area contributed by atoms with Crippen molar-refractivity contribution in [2.24, 2.45) is 5.73 Å². The molecule has 0 aliphatic heterocycles. The molecule has 0 aromatic carbocycles. The van der Waals surface area contributed by atoms with Crippen molar-refractivity contribution in [1.82, 2.24) is 10.3 Å². The van der Waals surface area contributed by atoms with Gasteiger partial charge in [-0.2, -0.15) is 0 Å². The lowest BCUT2D eigenvalue weighted by Crippen LogP contribution is -2.29. The van der Waals surface area contributed by atoms with Crippen LogP contribution in [0.2, 0.25) is 0 Å². The zero-order valence-corrected chi connectivity index (χ0v) is 9.09. The minimum Gasteiger partial charge on any atom is -0.393 e. The highest BCUT2D eigenvalue weighted by molar-refractivity contribution is 7.80. The fraction of sp³-hybridized carbons (Fsp3) is 0.300. The molecule has 80 valence electrons. The van der Waals surface area contributed by atoms with E-state index < -0.39 is 0 Å². The van der Waals surface area contributed by atoms with Crippen LogP contribution in [0.3, 0.4) is 0 Å². The molecule has 15 heavy (non-hydrogen) atoms. The van der Waals surface area contributed by atoms with Crippen LogP contribution in [0, 0.1) is 0 Å². The number of amides is 1. The van der Waals surface area contributed by atoms with Gasteiger partial charge in [0.15, 0.2) is 0 Å². The third-order valence-corrected chi connectivity index (χ3v) is 1.91. The first-order chi connectivity index (χ1) is 7.18. The van der Waals surface area contributed by atoms with Gasteiger partial charge in [-0.05, 0) is 12.1 Å². The molecule has 4 nitrogen and oxygen atoms in total. The molecular formula is C10H13N3OS. The Labute approximate surface area is 93.9 Å². The van der Waals surface area contributed by atoms with Gasteiger partial charge in [0.05, 0.1) is 11.4 Å². The van der Waals surface area contributed by atoms with Crippen molar-refractivity contribution in [3.05, 3.63) is 30.1 Å². The van der Waals surface area contributed by atoms with Gasteiger partial charge in [0.25, 0.3) is 0 Å². The van der Waals surface area contributed by atoms with Crippen molar-refractivity contribution >= 4 is 23.1 Å². The van der Waals surface area contributed by atoms with E-state index in [4.69, 9.17) is 5.73 Å². The molecule has 5 heteroatoms. The van der Waals surface area contributed by atoms with Crippen LogP contribution in [0.15, 0.2) is 24.4 Å². The summed E-state index contributed by atoms with van der Waals surface area (Å²) in [5, 5.41) is 2.72. The number of nitrogens with one attached hydrogen (secondary N) is 1.